The van der Waals surface area contributed by atoms with Crippen LogP contribution in [0, 0.1) is 0 Å². The van der Waals surface area contributed by atoms with Gasteiger partial charge in [-0.2, -0.15) is 0 Å². The number of aromatic nitrogens is 3. The van der Waals surface area contributed by atoms with Gasteiger partial charge in [-0.25, -0.2) is 9.97 Å². The molecule has 308 valence electrons. The highest BCUT2D eigenvalue weighted by Gasteiger charge is 2.35. The molecule has 15 rings (SSSR count). The number of hydrogen-bond donors (Lipinski definition) is 0. The van der Waals surface area contributed by atoms with Gasteiger partial charge in [0.15, 0.2) is 5.82 Å². The van der Waals surface area contributed by atoms with Crippen LogP contribution in [-0.4, -0.2) is 14.5 Å². The molecule has 1 aliphatic carbocycles. The predicted octanol–water partition coefficient (Wildman–Crippen LogP) is 17.4. The first-order chi connectivity index (χ1) is 32.5. The lowest BCUT2D eigenvalue weighted by molar-refractivity contribution is 0.660. The van der Waals surface area contributed by atoms with Crippen molar-refractivity contribution in [3.05, 3.63) is 199 Å². The zero-order valence-corrected chi connectivity index (χ0v) is 37.7. The number of nitrogens with zero attached hydrogens (tertiary/aromatic N) is 3. The molecule has 0 spiro atoms. The normalized spacial score (nSPS) is 13.4. The summed E-state index contributed by atoms with van der Waals surface area (Å²) in [7, 11) is 0. The van der Waals surface area contributed by atoms with E-state index < -0.39 is 0 Å². The highest BCUT2D eigenvalue weighted by Crippen LogP contribution is 2.52. The van der Waals surface area contributed by atoms with Crippen molar-refractivity contribution in [3.8, 4) is 39.5 Å². The summed E-state index contributed by atoms with van der Waals surface area (Å²) in [5, 5.41) is 13.8. The smallest absolute Gasteiger partial charge is 0.160 e. The molecule has 14 aromatic rings. The van der Waals surface area contributed by atoms with E-state index in [-0.39, 0.29) is 5.41 Å². The third-order valence-corrected chi connectivity index (χ3v) is 16.9. The maximum atomic E-state index is 5.63. The highest BCUT2D eigenvalue weighted by molar-refractivity contribution is 7.27. The van der Waals surface area contributed by atoms with E-state index in [4.69, 9.17) is 9.97 Å². The molecule has 5 heteroatoms. The van der Waals surface area contributed by atoms with Gasteiger partial charge in [0.1, 0.15) is 0 Å². The second kappa shape index (κ2) is 13.2. The third-order valence-electron chi connectivity index (χ3n) is 14.6. The molecule has 0 saturated carbocycles. The summed E-state index contributed by atoms with van der Waals surface area (Å²) in [6, 6.07) is 69.5. The standard InChI is InChI=1S/C61H37N3S2/c1-61(2)46-24-12-9-18-38(46)39-29-27-35(33-47(39)61)60-62-55(59-56(63-60)45-23-11-14-26-51(45)66-59)42-30-32-48(40-19-6-5-17-37(40)42)64-49-31-28-34-15-3-4-16-36(34)53(49)54-57(64)43-21-8-7-20-41(43)52-44-22-10-13-25-50(44)65-58(52)54/h3-33H,1-2H3. The highest BCUT2D eigenvalue weighted by atomic mass is 32.1. The molecule has 0 unspecified atom stereocenters. The van der Waals surface area contributed by atoms with Gasteiger partial charge in [0, 0.05) is 68.3 Å². The van der Waals surface area contributed by atoms with Crippen LogP contribution in [0.25, 0.3) is 134 Å². The number of thiophene rings is 2. The Morgan fingerprint density at radius 1 is 0.439 bits per heavy atom. The summed E-state index contributed by atoms with van der Waals surface area (Å²) < 4.78 is 7.54. The van der Waals surface area contributed by atoms with Crippen LogP contribution in [0.5, 0.6) is 0 Å². The summed E-state index contributed by atoms with van der Waals surface area (Å²) in [6.07, 6.45) is 0. The summed E-state index contributed by atoms with van der Waals surface area (Å²) in [4.78, 5) is 11.1. The SMILES string of the molecule is CC1(C)c2ccccc2-c2ccc(-c3nc(-c4ccc(-n5c6ccc7ccccc7c6c6c7sc8ccccc8c7c7ccccc7c65)c5ccccc45)c4sc5ccccc5c4n3)cc21. The Bertz CT molecular complexity index is 4450. The van der Waals surface area contributed by atoms with Gasteiger partial charge < -0.3 is 4.57 Å². The van der Waals surface area contributed by atoms with Gasteiger partial charge in [0.2, 0.25) is 0 Å². The minimum absolute atomic E-state index is 0.136. The van der Waals surface area contributed by atoms with Crippen molar-refractivity contribution in [1.29, 1.82) is 0 Å². The zero-order chi connectivity index (χ0) is 43.4. The molecule has 1 aliphatic rings. The number of rotatable bonds is 3. The fourth-order valence-corrected chi connectivity index (χ4v) is 14.0. The molecule has 4 aromatic heterocycles. The molecule has 0 fully saturated rings. The largest absolute Gasteiger partial charge is 0.308 e. The third kappa shape index (κ3) is 4.80. The zero-order valence-electron chi connectivity index (χ0n) is 36.1. The van der Waals surface area contributed by atoms with Crippen molar-refractivity contribution in [1.82, 2.24) is 14.5 Å². The van der Waals surface area contributed by atoms with E-state index in [0.29, 0.717) is 0 Å². The fourth-order valence-electron chi connectivity index (χ4n) is 11.6. The Labute approximate surface area is 387 Å². The van der Waals surface area contributed by atoms with Crippen LogP contribution in [0.4, 0.5) is 0 Å². The van der Waals surface area contributed by atoms with E-state index in [1.54, 1.807) is 11.3 Å². The van der Waals surface area contributed by atoms with Gasteiger partial charge >= 0.3 is 0 Å². The molecule has 0 saturated heterocycles. The number of hydrogen-bond acceptors (Lipinski definition) is 4. The molecule has 0 aliphatic heterocycles. The lowest BCUT2D eigenvalue weighted by Gasteiger charge is -2.21. The van der Waals surface area contributed by atoms with Crippen molar-refractivity contribution in [2.24, 2.45) is 0 Å². The Hall–Kier alpha value is -7.70. The lowest BCUT2D eigenvalue weighted by atomic mass is 9.82. The Balaban J connectivity index is 1.03. The second-order valence-electron chi connectivity index (χ2n) is 18.4. The van der Waals surface area contributed by atoms with Crippen molar-refractivity contribution in [3.63, 3.8) is 0 Å². The predicted molar refractivity (Wildman–Crippen MR) is 283 cm³/mol. The molecular weight excluding hydrogens is 839 g/mol. The number of benzene rings is 10. The summed E-state index contributed by atoms with van der Waals surface area (Å²) in [5.74, 6) is 0.747. The Morgan fingerprint density at radius 3 is 1.92 bits per heavy atom. The molecule has 0 atom stereocenters. The van der Waals surface area contributed by atoms with Crippen molar-refractivity contribution < 1.29 is 0 Å². The molecule has 4 heterocycles. The van der Waals surface area contributed by atoms with E-state index in [1.807, 2.05) is 11.3 Å². The first-order valence-electron chi connectivity index (χ1n) is 22.7. The maximum absolute atomic E-state index is 5.63. The minimum atomic E-state index is -0.136. The molecule has 0 N–H and O–H groups in total. The van der Waals surface area contributed by atoms with E-state index >= 15 is 0 Å². The van der Waals surface area contributed by atoms with E-state index in [2.05, 4.69) is 206 Å². The van der Waals surface area contributed by atoms with Crippen molar-refractivity contribution in [2.75, 3.05) is 0 Å². The van der Waals surface area contributed by atoms with E-state index in [9.17, 15) is 0 Å². The topological polar surface area (TPSA) is 30.7 Å². The Morgan fingerprint density at radius 2 is 1.08 bits per heavy atom. The summed E-state index contributed by atoms with van der Waals surface area (Å²) in [6.45, 7) is 4.68. The van der Waals surface area contributed by atoms with Crippen LogP contribution in [0.1, 0.15) is 25.0 Å². The molecule has 66 heavy (non-hydrogen) atoms. The van der Waals surface area contributed by atoms with Gasteiger partial charge in [-0.15, -0.1) is 22.7 Å². The minimum Gasteiger partial charge on any atom is -0.308 e. The average molecular weight is 876 g/mol. The van der Waals surface area contributed by atoms with Crippen LogP contribution in [0.3, 0.4) is 0 Å². The first kappa shape index (κ1) is 36.6. The summed E-state index contributed by atoms with van der Waals surface area (Å²) in [5.41, 5.74) is 12.8. The van der Waals surface area contributed by atoms with Crippen LogP contribution in [-0.2, 0) is 5.41 Å². The van der Waals surface area contributed by atoms with Crippen LogP contribution in [0.15, 0.2) is 188 Å². The van der Waals surface area contributed by atoms with Gasteiger partial charge in [0.05, 0.1) is 32.6 Å². The second-order valence-corrected chi connectivity index (χ2v) is 20.5. The molecular formula is C61H37N3S2. The Kier molecular flexibility index (Phi) is 7.32. The van der Waals surface area contributed by atoms with Crippen LogP contribution >= 0.6 is 22.7 Å². The molecule has 0 bridgehead atoms. The number of fused-ring (bicyclic) bond motifs is 19. The van der Waals surface area contributed by atoms with Gasteiger partial charge in [-0.1, -0.05) is 172 Å². The van der Waals surface area contributed by atoms with Crippen LogP contribution in [0.2, 0.25) is 0 Å². The lowest BCUT2D eigenvalue weighted by Crippen LogP contribution is -2.15. The van der Waals surface area contributed by atoms with Gasteiger partial charge in [-0.3, -0.25) is 0 Å². The van der Waals surface area contributed by atoms with Gasteiger partial charge in [-0.05, 0) is 74.1 Å². The van der Waals surface area contributed by atoms with Crippen molar-refractivity contribution in [2.45, 2.75) is 19.3 Å². The monoisotopic (exact) mass is 875 g/mol. The van der Waals surface area contributed by atoms with E-state index in [1.165, 1.54) is 95.9 Å². The summed E-state index contributed by atoms with van der Waals surface area (Å²) >= 11 is 3.71. The van der Waals surface area contributed by atoms with Crippen molar-refractivity contribution >= 4 is 117 Å². The molecule has 0 radical (unpaired) electrons. The quantitative estimate of drug-likeness (QED) is 0.177. The van der Waals surface area contributed by atoms with Gasteiger partial charge in [0.25, 0.3) is 0 Å². The molecule has 3 nitrogen and oxygen atoms in total. The fraction of sp³-hybridized carbons (Fsp3) is 0.0492. The first-order valence-corrected chi connectivity index (χ1v) is 24.3. The molecule has 0 amide bonds. The van der Waals surface area contributed by atoms with E-state index in [0.717, 1.165) is 49.3 Å². The average Bonchev–Trinajstić information content (AvgIpc) is 4.11. The van der Waals surface area contributed by atoms with Crippen LogP contribution < -0.4 is 0 Å². The molecule has 10 aromatic carbocycles. The maximum Gasteiger partial charge on any atom is 0.160 e.